The van der Waals surface area contributed by atoms with Crippen molar-refractivity contribution in [2.75, 3.05) is 0 Å². The van der Waals surface area contributed by atoms with Crippen LogP contribution in [0.5, 0.6) is 5.75 Å². The minimum atomic E-state index is 0.219. The summed E-state index contributed by atoms with van der Waals surface area (Å²) in [6.07, 6.45) is 1.22. The van der Waals surface area contributed by atoms with Crippen molar-refractivity contribution >= 4 is 10.8 Å². The van der Waals surface area contributed by atoms with E-state index in [4.69, 9.17) is 4.74 Å². The van der Waals surface area contributed by atoms with Crippen molar-refractivity contribution in [1.29, 1.82) is 0 Å². The molecular formula is C23H27NO. The average molecular weight is 333 g/mol. The van der Waals surface area contributed by atoms with Gasteiger partial charge in [0.2, 0.25) is 0 Å². The molecule has 0 bridgehead atoms. The molecule has 0 heterocycles. The van der Waals surface area contributed by atoms with Crippen LogP contribution < -0.4 is 10.1 Å². The molecule has 0 saturated heterocycles. The maximum Gasteiger partial charge on any atom is 0.124 e. The van der Waals surface area contributed by atoms with Gasteiger partial charge < -0.3 is 10.1 Å². The summed E-state index contributed by atoms with van der Waals surface area (Å²) in [6, 6.07) is 21.5. The van der Waals surface area contributed by atoms with Crippen molar-refractivity contribution < 1.29 is 4.74 Å². The topological polar surface area (TPSA) is 21.3 Å². The fourth-order valence-corrected chi connectivity index (χ4v) is 2.95. The fourth-order valence-electron chi connectivity index (χ4n) is 2.95. The van der Waals surface area contributed by atoms with Crippen molar-refractivity contribution in [2.45, 2.75) is 46.4 Å². The summed E-state index contributed by atoms with van der Waals surface area (Å²) in [4.78, 5) is 0. The predicted octanol–water partition coefficient (Wildman–Crippen LogP) is 5.62. The number of ether oxygens (including phenoxy) is 1. The Morgan fingerprint density at radius 2 is 1.68 bits per heavy atom. The lowest BCUT2D eigenvalue weighted by molar-refractivity contribution is 0.215. The second-order valence-corrected chi connectivity index (χ2v) is 6.69. The molecule has 0 radical (unpaired) electrons. The number of hydrogen-bond acceptors (Lipinski definition) is 2. The Morgan fingerprint density at radius 1 is 0.920 bits per heavy atom. The van der Waals surface area contributed by atoms with Crippen LogP contribution in [0.3, 0.4) is 0 Å². The molecule has 2 heteroatoms. The van der Waals surface area contributed by atoms with Gasteiger partial charge in [0.1, 0.15) is 5.75 Å². The van der Waals surface area contributed by atoms with E-state index in [1.54, 1.807) is 0 Å². The van der Waals surface area contributed by atoms with Crippen molar-refractivity contribution in [2.24, 2.45) is 0 Å². The lowest BCUT2D eigenvalue weighted by atomic mass is 10.0. The summed E-state index contributed by atoms with van der Waals surface area (Å²) in [5.41, 5.74) is 3.84. The third-order valence-electron chi connectivity index (χ3n) is 4.65. The van der Waals surface area contributed by atoms with Gasteiger partial charge in [0.25, 0.3) is 0 Å². The van der Waals surface area contributed by atoms with Gasteiger partial charge in [0.05, 0.1) is 6.10 Å². The normalized spacial score (nSPS) is 12.3. The molecule has 25 heavy (non-hydrogen) atoms. The number of hydrogen-bond donors (Lipinski definition) is 1. The van der Waals surface area contributed by atoms with E-state index in [1.165, 1.54) is 27.5 Å². The van der Waals surface area contributed by atoms with Crippen molar-refractivity contribution in [3.8, 4) is 5.75 Å². The standard InChI is InChI=1S/C23H27NO/c1-4-18(3)25-23-14-13-20-7-5-6-8-21(20)22(23)16-24-15-19-11-9-17(2)10-12-19/h5-14,18,24H,4,15-16H2,1-3H3. The maximum absolute atomic E-state index is 6.18. The Balaban J connectivity index is 1.81. The number of nitrogens with one attached hydrogen (secondary N) is 1. The van der Waals surface area contributed by atoms with E-state index in [1.807, 2.05) is 0 Å². The Kier molecular flexibility index (Phi) is 5.72. The minimum absolute atomic E-state index is 0.219. The highest BCUT2D eigenvalue weighted by atomic mass is 16.5. The van der Waals surface area contributed by atoms with E-state index in [0.717, 1.165) is 25.3 Å². The Hall–Kier alpha value is -2.32. The first kappa shape index (κ1) is 17.5. The predicted molar refractivity (Wildman–Crippen MR) is 106 cm³/mol. The van der Waals surface area contributed by atoms with Crippen LogP contribution in [0.25, 0.3) is 10.8 Å². The number of benzene rings is 3. The fraction of sp³-hybridized carbons (Fsp3) is 0.304. The molecule has 0 aromatic heterocycles. The number of aryl methyl sites for hydroxylation is 1. The van der Waals surface area contributed by atoms with Gasteiger partial charge in [-0.25, -0.2) is 0 Å². The van der Waals surface area contributed by atoms with Crippen molar-refractivity contribution in [3.63, 3.8) is 0 Å². The van der Waals surface area contributed by atoms with Crippen LogP contribution in [0.1, 0.15) is 37.0 Å². The molecule has 0 saturated carbocycles. The summed E-state index contributed by atoms with van der Waals surface area (Å²) in [5, 5.41) is 6.10. The van der Waals surface area contributed by atoms with Crippen molar-refractivity contribution in [3.05, 3.63) is 77.4 Å². The zero-order valence-corrected chi connectivity index (χ0v) is 15.4. The summed E-state index contributed by atoms with van der Waals surface area (Å²) < 4.78 is 6.18. The Morgan fingerprint density at radius 3 is 2.44 bits per heavy atom. The van der Waals surface area contributed by atoms with Crippen molar-refractivity contribution in [1.82, 2.24) is 5.32 Å². The molecule has 0 aliphatic carbocycles. The third kappa shape index (κ3) is 4.40. The zero-order valence-electron chi connectivity index (χ0n) is 15.4. The van der Waals surface area contributed by atoms with Gasteiger partial charge in [-0.2, -0.15) is 0 Å². The maximum atomic E-state index is 6.18. The zero-order chi connectivity index (χ0) is 17.6. The molecule has 1 unspecified atom stereocenters. The van der Waals surface area contributed by atoms with E-state index in [0.29, 0.717) is 0 Å². The van der Waals surface area contributed by atoms with E-state index in [2.05, 4.69) is 86.8 Å². The van der Waals surface area contributed by atoms with E-state index < -0.39 is 0 Å². The van der Waals surface area contributed by atoms with Gasteiger partial charge in [0.15, 0.2) is 0 Å². The van der Waals surface area contributed by atoms with Crippen LogP contribution in [-0.2, 0) is 13.1 Å². The van der Waals surface area contributed by atoms with Crippen LogP contribution in [-0.4, -0.2) is 6.10 Å². The monoisotopic (exact) mass is 333 g/mol. The highest BCUT2D eigenvalue weighted by Crippen LogP contribution is 2.29. The van der Waals surface area contributed by atoms with E-state index >= 15 is 0 Å². The van der Waals surface area contributed by atoms with Crippen LogP contribution >= 0.6 is 0 Å². The Bertz CT molecular complexity index is 823. The van der Waals surface area contributed by atoms with Gasteiger partial charge in [-0.3, -0.25) is 0 Å². The van der Waals surface area contributed by atoms with Crippen LogP contribution in [0.2, 0.25) is 0 Å². The van der Waals surface area contributed by atoms with Gasteiger partial charge in [-0.15, -0.1) is 0 Å². The second kappa shape index (κ2) is 8.17. The lowest BCUT2D eigenvalue weighted by Crippen LogP contribution is -2.16. The molecule has 1 N–H and O–H groups in total. The molecular weight excluding hydrogens is 306 g/mol. The average Bonchev–Trinajstić information content (AvgIpc) is 2.64. The highest BCUT2D eigenvalue weighted by Gasteiger charge is 2.11. The molecule has 0 amide bonds. The molecule has 1 atom stereocenters. The molecule has 3 rings (SSSR count). The molecule has 130 valence electrons. The molecule has 0 aliphatic rings. The van der Waals surface area contributed by atoms with E-state index in [9.17, 15) is 0 Å². The summed E-state index contributed by atoms with van der Waals surface area (Å²) in [7, 11) is 0. The molecule has 0 fully saturated rings. The lowest BCUT2D eigenvalue weighted by Gasteiger charge is -2.18. The number of rotatable bonds is 7. The van der Waals surface area contributed by atoms with Gasteiger partial charge in [-0.05, 0) is 42.7 Å². The molecule has 0 aliphatic heterocycles. The van der Waals surface area contributed by atoms with Crippen LogP contribution in [0, 0.1) is 6.92 Å². The smallest absolute Gasteiger partial charge is 0.124 e. The van der Waals surface area contributed by atoms with Gasteiger partial charge in [0, 0.05) is 18.7 Å². The van der Waals surface area contributed by atoms with Gasteiger partial charge in [-0.1, -0.05) is 67.1 Å². The largest absolute Gasteiger partial charge is 0.490 e. The molecule has 2 nitrogen and oxygen atoms in total. The summed E-state index contributed by atoms with van der Waals surface area (Å²) in [5.74, 6) is 0.990. The summed E-state index contributed by atoms with van der Waals surface area (Å²) >= 11 is 0. The first-order chi connectivity index (χ1) is 12.2. The van der Waals surface area contributed by atoms with E-state index in [-0.39, 0.29) is 6.10 Å². The highest BCUT2D eigenvalue weighted by molar-refractivity contribution is 5.87. The third-order valence-corrected chi connectivity index (χ3v) is 4.65. The van der Waals surface area contributed by atoms with Crippen LogP contribution in [0.15, 0.2) is 60.7 Å². The Labute approximate surface area is 150 Å². The van der Waals surface area contributed by atoms with Crippen LogP contribution in [0.4, 0.5) is 0 Å². The molecule has 3 aromatic rings. The molecule has 0 spiro atoms. The first-order valence-electron chi connectivity index (χ1n) is 9.11. The quantitative estimate of drug-likeness (QED) is 0.606. The SMILES string of the molecule is CCC(C)Oc1ccc2ccccc2c1CNCc1ccc(C)cc1. The minimum Gasteiger partial charge on any atom is -0.490 e. The first-order valence-corrected chi connectivity index (χ1v) is 9.11. The number of fused-ring (bicyclic) bond motifs is 1. The summed E-state index contributed by atoms with van der Waals surface area (Å²) in [6.45, 7) is 8.04. The van der Waals surface area contributed by atoms with Gasteiger partial charge >= 0.3 is 0 Å². The second-order valence-electron chi connectivity index (χ2n) is 6.69. The molecule has 3 aromatic carbocycles.